The van der Waals surface area contributed by atoms with Crippen molar-refractivity contribution in [2.45, 2.75) is 51.5 Å². The summed E-state index contributed by atoms with van der Waals surface area (Å²) in [6, 6.07) is 5.98. The number of hydrogen-bond donors (Lipinski definition) is 0. The minimum Gasteiger partial charge on any atom is -0.462 e. The van der Waals surface area contributed by atoms with Crippen LogP contribution in [0.3, 0.4) is 0 Å². The van der Waals surface area contributed by atoms with Crippen LogP contribution in [0.15, 0.2) is 24.3 Å². The van der Waals surface area contributed by atoms with Gasteiger partial charge in [0.15, 0.2) is 0 Å². The number of carbonyl (C=O) groups excluding carboxylic acids is 4. The first-order valence-corrected chi connectivity index (χ1v) is 11.6. The highest BCUT2D eigenvalue weighted by atomic mass is 16.5. The number of hydrogen-bond acceptors (Lipinski definition) is 6. The molecule has 3 saturated heterocycles. The van der Waals surface area contributed by atoms with Gasteiger partial charge in [-0.05, 0) is 75.9 Å². The van der Waals surface area contributed by atoms with Crippen LogP contribution in [0.1, 0.15) is 55.8 Å². The van der Waals surface area contributed by atoms with Crippen molar-refractivity contribution in [2.24, 2.45) is 5.92 Å². The molecule has 32 heavy (non-hydrogen) atoms. The topological polar surface area (TPSA) is 87.2 Å². The molecule has 8 heteroatoms. The molecule has 0 N–H and O–H groups in total. The first-order valence-electron chi connectivity index (χ1n) is 11.6. The highest BCUT2D eigenvalue weighted by molar-refractivity contribution is 6.22. The van der Waals surface area contributed by atoms with Crippen LogP contribution in [-0.2, 0) is 19.1 Å². The number of esters is 1. The Kier molecular flexibility index (Phi) is 6.89. The lowest BCUT2D eigenvalue weighted by molar-refractivity contribution is -0.128. The van der Waals surface area contributed by atoms with Crippen molar-refractivity contribution >= 4 is 29.4 Å². The summed E-state index contributed by atoms with van der Waals surface area (Å²) in [6.45, 7) is 5.33. The number of nitrogens with zero attached hydrogens (tertiary/aromatic N) is 3. The highest BCUT2D eigenvalue weighted by Crippen LogP contribution is 2.30. The summed E-state index contributed by atoms with van der Waals surface area (Å²) in [5.74, 6) is -0.00205. The number of rotatable bonds is 7. The van der Waals surface area contributed by atoms with Crippen LogP contribution in [0.5, 0.6) is 0 Å². The molecule has 3 heterocycles. The number of piperidine rings is 1. The van der Waals surface area contributed by atoms with Crippen molar-refractivity contribution in [2.75, 3.05) is 37.7 Å². The lowest BCUT2D eigenvalue weighted by atomic mass is 9.92. The van der Waals surface area contributed by atoms with Crippen LogP contribution in [0.25, 0.3) is 0 Å². The molecule has 3 aliphatic rings. The van der Waals surface area contributed by atoms with Crippen molar-refractivity contribution < 1.29 is 23.9 Å². The van der Waals surface area contributed by atoms with Crippen molar-refractivity contribution in [3.05, 3.63) is 29.8 Å². The molecule has 4 rings (SSSR count). The third-order valence-corrected chi connectivity index (χ3v) is 6.83. The summed E-state index contributed by atoms with van der Waals surface area (Å²) in [6.07, 6.45) is 4.80. The number of anilines is 1. The fraction of sp³-hybridized carbons (Fsp3) is 0.583. The van der Waals surface area contributed by atoms with E-state index in [2.05, 4.69) is 4.90 Å². The average Bonchev–Trinajstić information content (AvgIpc) is 3.34. The van der Waals surface area contributed by atoms with Crippen molar-refractivity contribution in [1.82, 2.24) is 9.80 Å². The van der Waals surface area contributed by atoms with Gasteiger partial charge in [-0.25, -0.2) is 9.69 Å². The Morgan fingerprint density at radius 2 is 1.75 bits per heavy atom. The zero-order chi connectivity index (χ0) is 22.7. The van der Waals surface area contributed by atoms with Crippen LogP contribution in [0.4, 0.5) is 5.69 Å². The smallest absolute Gasteiger partial charge is 0.338 e. The maximum absolute atomic E-state index is 13.1. The van der Waals surface area contributed by atoms with E-state index >= 15 is 0 Å². The van der Waals surface area contributed by atoms with Gasteiger partial charge in [0.25, 0.3) is 5.91 Å². The summed E-state index contributed by atoms with van der Waals surface area (Å²) in [7, 11) is 0. The Morgan fingerprint density at radius 3 is 2.38 bits per heavy atom. The highest BCUT2D eigenvalue weighted by Gasteiger charge is 2.43. The molecule has 1 aromatic carbocycles. The molecule has 0 aromatic heterocycles. The lowest BCUT2D eigenvalue weighted by Gasteiger charge is -2.35. The Labute approximate surface area is 188 Å². The van der Waals surface area contributed by atoms with Gasteiger partial charge >= 0.3 is 5.97 Å². The van der Waals surface area contributed by atoms with Gasteiger partial charge in [0.2, 0.25) is 11.8 Å². The predicted octanol–water partition coefficient (Wildman–Crippen LogP) is 2.22. The zero-order valence-corrected chi connectivity index (χ0v) is 18.6. The van der Waals surface area contributed by atoms with Gasteiger partial charge in [0.05, 0.1) is 30.3 Å². The number of carbonyl (C=O) groups is 4. The average molecular weight is 442 g/mol. The van der Waals surface area contributed by atoms with E-state index in [-0.39, 0.29) is 24.1 Å². The molecular formula is C24H31N3O5. The number of benzene rings is 1. The number of ether oxygens (including phenoxy) is 1. The second-order valence-electron chi connectivity index (χ2n) is 8.81. The molecule has 3 amide bonds. The SMILES string of the molecule is CCOC(=O)c1ccc(N2C(=O)CC(N3CCC(CCN4CCCC4=O)CC3)C2=O)cc1. The molecule has 1 aromatic rings. The van der Waals surface area contributed by atoms with Gasteiger partial charge in [-0.1, -0.05) is 0 Å². The van der Waals surface area contributed by atoms with E-state index in [9.17, 15) is 19.2 Å². The van der Waals surface area contributed by atoms with Crippen LogP contribution >= 0.6 is 0 Å². The summed E-state index contributed by atoms with van der Waals surface area (Å²) in [5, 5.41) is 0. The van der Waals surface area contributed by atoms with Gasteiger partial charge in [0.1, 0.15) is 0 Å². The maximum Gasteiger partial charge on any atom is 0.338 e. The second-order valence-corrected chi connectivity index (χ2v) is 8.81. The van der Waals surface area contributed by atoms with E-state index in [1.165, 1.54) is 4.90 Å². The molecule has 0 aliphatic carbocycles. The van der Waals surface area contributed by atoms with Gasteiger partial charge in [-0.2, -0.15) is 0 Å². The van der Waals surface area contributed by atoms with Crippen LogP contribution in [-0.4, -0.2) is 72.3 Å². The zero-order valence-electron chi connectivity index (χ0n) is 18.6. The minimum absolute atomic E-state index is 0.186. The van der Waals surface area contributed by atoms with Gasteiger partial charge < -0.3 is 9.64 Å². The largest absolute Gasteiger partial charge is 0.462 e. The van der Waals surface area contributed by atoms with E-state index < -0.39 is 12.0 Å². The third-order valence-electron chi connectivity index (χ3n) is 6.83. The number of amides is 3. The Balaban J connectivity index is 1.31. The molecule has 0 spiro atoms. The molecule has 0 bridgehead atoms. The fourth-order valence-electron chi connectivity index (χ4n) is 4.97. The van der Waals surface area contributed by atoms with Crippen molar-refractivity contribution in [1.29, 1.82) is 0 Å². The molecule has 3 aliphatic heterocycles. The molecular weight excluding hydrogens is 410 g/mol. The van der Waals surface area contributed by atoms with Gasteiger partial charge in [-0.15, -0.1) is 0 Å². The summed E-state index contributed by atoms with van der Waals surface area (Å²) < 4.78 is 4.98. The number of likely N-dealkylation sites (tertiary alicyclic amines) is 2. The van der Waals surface area contributed by atoms with E-state index in [0.717, 1.165) is 51.9 Å². The third kappa shape index (κ3) is 4.70. The van der Waals surface area contributed by atoms with Crippen molar-refractivity contribution in [3.8, 4) is 0 Å². The standard InChI is InChI=1S/C24H31N3O5/c1-2-32-24(31)18-5-7-19(8-6-18)27-22(29)16-20(23(27)30)25-13-9-17(10-14-25)11-15-26-12-3-4-21(26)28/h5-8,17,20H,2-4,9-16H2,1H3. The fourth-order valence-corrected chi connectivity index (χ4v) is 4.97. The van der Waals surface area contributed by atoms with E-state index in [1.807, 2.05) is 4.90 Å². The van der Waals surface area contributed by atoms with Crippen LogP contribution in [0, 0.1) is 5.92 Å². The van der Waals surface area contributed by atoms with Gasteiger partial charge in [0, 0.05) is 19.5 Å². The van der Waals surface area contributed by atoms with Crippen LogP contribution < -0.4 is 4.90 Å². The molecule has 3 fully saturated rings. The Bertz CT molecular complexity index is 876. The summed E-state index contributed by atoms with van der Waals surface area (Å²) in [4.78, 5) is 54.7. The maximum atomic E-state index is 13.1. The first-order chi connectivity index (χ1) is 15.5. The summed E-state index contributed by atoms with van der Waals surface area (Å²) >= 11 is 0. The molecule has 1 atom stereocenters. The Morgan fingerprint density at radius 1 is 1.03 bits per heavy atom. The molecule has 1 unspecified atom stereocenters. The lowest BCUT2D eigenvalue weighted by Crippen LogP contribution is -2.46. The first kappa shape index (κ1) is 22.5. The predicted molar refractivity (Wildman–Crippen MR) is 118 cm³/mol. The van der Waals surface area contributed by atoms with E-state index in [1.54, 1.807) is 31.2 Å². The van der Waals surface area contributed by atoms with E-state index in [4.69, 9.17) is 4.74 Å². The molecule has 172 valence electrons. The Hall–Kier alpha value is -2.74. The normalized spacial score (nSPS) is 22.8. The molecule has 8 nitrogen and oxygen atoms in total. The quantitative estimate of drug-likeness (QED) is 0.476. The summed E-state index contributed by atoms with van der Waals surface area (Å²) in [5.41, 5.74) is 0.879. The van der Waals surface area contributed by atoms with Gasteiger partial charge in [-0.3, -0.25) is 19.3 Å². The van der Waals surface area contributed by atoms with Crippen molar-refractivity contribution in [3.63, 3.8) is 0 Å². The number of imide groups is 1. The monoisotopic (exact) mass is 441 g/mol. The second kappa shape index (κ2) is 9.81. The minimum atomic E-state index is -0.423. The molecule has 0 radical (unpaired) electrons. The molecule has 0 saturated carbocycles. The van der Waals surface area contributed by atoms with E-state index in [0.29, 0.717) is 30.2 Å². The van der Waals surface area contributed by atoms with Crippen LogP contribution in [0.2, 0.25) is 0 Å².